The number of allylic oxidation sites excluding steroid dienone is 2. The SMILES string of the molecule is CC(C)=C[C@H]1[C@H](C(=O)N2CCCN(C(=O)c3ccccc3F)CC2)C1(C)C. The van der Waals surface area contributed by atoms with Crippen LogP contribution < -0.4 is 0 Å². The molecule has 2 aliphatic rings. The zero-order chi connectivity index (χ0) is 19.8. The minimum absolute atomic E-state index is 0.0106. The fraction of sp³-hybridized carbons (Fsp3) is 0.545. The lowest BCUT2D eigenvalue weighted by atomic mass is 10.1. The fourth-order valence-corrected chi connectivity index (χ4v) is 4.16. The van der Waals surface area contributed by atoms with E-state index in [1.807, 2.05) is 4.90 Å². The van der Waals surface area contributed by atoms with Crippen LogP contribution in [0.2, 0.25) is 0 Å². The molecule has 2 fully saturated rings. The smallest absolute Gasteiger partial charge is 0.256 e. The maximum atomic E-state index is 13.9. The van der Waals surface area contributed by atoms with Crippen LogP contribution in [0.4, 0.5) is 4.39 Å². The second-order valence-electron chi connectivity index (χ2n) is 8.52. The first-order valence-corrected chi connectivity index (χ1v) is 9.71. The van der Waals surface area contributed by atoms with Crippen LogP contribution in [0.15, 0.2) is 35.9 Å². The lowest BCUT2D eigenvalue weighted by Crippen LogP contribution is -2.38. The highest BCUT2D eigenvalue weighted by molar-refractivity contribution is 5.94. The van der Waals surface area contributed by atoms with E-state index in [2.05, 4.69) is 33.8 Å². The number of halogens is 1. The predicted molar refractivity (Wildman–Crippen MR) is 104 cm³/mol. The van der Waals surface area contributed by atoms with E-state index < -0.39 is 5.82 Å². The van der Waals surface area contributed by atoms with E-state index in [4.69, 9.17) is 0 Å². The Kier molecular flexibility index (Phi) is 5.41. The standard InChI is InChI=1S/C22H29FN2O2/c1-15(2)14-17-19(22(17,3)4)21(27)25-11-7-10-24(12-13-25)20(26)16-8-5-6-9-18(16)23/h5-6,8-9,14,17,19H,7,10-13H2,1-4H3/t17-,19+/m0/s1. The van der Waals surface area contributed by atoms with Crippen molar-refractivity contribution in [1.29, 1.82) is 0 Å². The second kappa shape index (κ2) is 7.45. The molecule has 27 heavy (non-hydrogen) atoms. The molecule has 146 valence electrons. The highest BCUT2D eigenvalue weighted by atomic mass is 19.1. The molecule has 0 aromatic heterocycles. The average Bonchev–Trinajstić information content (AvgIpc) is 3.23. The topological polar surface area (TPSA) is 40.6 Å². The Morgan fingerprint density at radius 1 is 1.07 bits per heavy atom. The third-order valence-electron chi connectivity index (χ3n) is 5.89. The van der Waals surface area contributed by atoms with E-state index in [1.54, 1.807) is 17.0 Å². The molecule has 1 saturated carbocycles. The van der Waals surface area contributed by atoms with E-state index in [0.29, 0.717) is 32.6 Å². The molecule has 0 bridgehead atoms. The molecular weight excluding hydrogens is 343 g/mol. The van der Waals surface area contributed by atoms with Crippen molar-refractivity contribution >= 4 is 11.8 Å². The molecule has 1 aliphatic heterocycles. The van der Waals surface area contributed by atoms with Gasteiger partial charge in [-0.05, 0) is 43.7 Å². The summed E-state index contributed by atoms with van der Waals surface area (Å²) in [6, 6.07) is 6.07. The zero-order valence-electron chi connectivity index (χ0n) is 16.7. The molecule has 0 radical (unpaired) electrons. The fourth-order valence-electron chi connectivity index (χ4n) is 4.16. The number of nitrogens with zero attached hydrogens (tertiary/aromatic N) is 2. The third kappa shape index (κ3) is 3.92. The summed E-state index contributed by atoms with van der Waals surface area (Å²) in [6.45, 7) is 10.6. The first-order valence-electron chi connectivity index (χ1n) is 9.71. The molecule has 2 atom stereocenters. The Labute approximate surface area is 161 Å². The summed E-state index contributed by atoms with van der Waals surface area (Å²) in [7, 11) is 0. The van der Waals surface area contributed by atoms with Crippen LogP contribution in [0, 0.1) is 23.1 Å². The van der Waals surface area contributed by atoms with Gasteiger partial charge in [0.15, 0.2) is 0 Å². The number of amides is 2. The second-order valence-corrected chi connectivity index (χ2v) is 8.52. The van der Waals surface area contributed by atoms with Gasteiger partial charge in [0.1, 0.15) is 5.82 Å². The summed E-state index contributed by atoms with van der Waals surface area (Å²) in [5.74, 6) is -0.307. The maximum absolute atomic E-state index is 13.9. The molecule has 1 heterocycles. The van der Waals surface area contributed by atoms with Crippen LogP contribution in [0.25, 0.3) is 0 Å². The molecular formula is C22H29FN2O2. The third-order valence-corrected chi connectivity index (χ3v) is 5.89. The molecule has 0 spiro atoms. The average molecular weight is 372 g/mol. The van der Waals surface area contributed by atoms with Gasteiger partial charge in [-0.2, -0.15) is 0 Å². The molecule has 0 unspecified atom stereocenters. The molecule has 1 aliphatic carbocycles. The predicted octanol–water partition coefficient (Wildman–Crippen LogP) is 3.74. The van der Waals surface area contributed by atoms with Crippen LogP contribution in [-0.4, -0.2) is 47.8 Å². The molecule has 0 N–H and O–H groups in total. The van der Waals surface area contributed by atoms with E-state index >= 15 is 0 Å². The minimum atomic E-state index is -0.496. The summed E-state index contributed by atoms with van der Waals surface area (Å²) in [4.78, 5) is 29.3. The number of carbonyl (C=O) groups is 2. The minimum Gasteiger partial charge on any atom is -0.341 e. The van der Waals surface area contributed by atoms with E-state index in [1.165, 1.54) is 17.7 Å². The van der Waals surface area contributed by atoms with Gasteiger partial charge in [-0.1, -0.05) is 37.6 Å². The van der Waals surface area contributed by atoms with Gasteiger partial charge in [0, 0.05) is 26.2 Å². The Bertz CT molecular complexity index is 767. The largest absolute Gasteiger partial charge is 0.341 e. The number of hydrogen-bond acceptors (Lipinski definition) is 2. The van der Waals surface area contributed by atoms with E-state index in [-0.39, 0.29) is 34.6 Å². The normalized spacial score (nSPS) is 24.2. The molecule has 1 aromatic rings. The van der Waals surface area contributed by atoms with Gasteiger partial charge in [0.2, 0.25) is 5.91 Å². The summed E-state index contributed by atoms with van der Waals surface area (Å²) in [5.41, 5.74) is 1.33. The Hall–Kier alpha value is -2.17. The lowest BCUT2D eigenvalue weighted by Gasteiger charge is -2.23. The van der Waals surface area contributed by atoms with Gasteiger partial charge < -0.3 is 9.80 Å². The summed E-state index contributed by atoms with van der Waals surface area (Å²) >= 11 is 0. The van der Waals surface area contributed by atoms with Gasteiger partial charge in [-0.3, -0.25) is 9.59 Å². The Morgan fingerprint density at radius 3 is 2.37 bits per heavy atom. The van der Waals surface area contributed by atoms with Crippen molar-refractivity contribution in [2.45, 2.75) is 34.1 Å². The van der Waals surface area contributed by atoms with Crippen molar-refractivity contribution in [3.05, 3.63) is 47.3 Å². The van der Waals surface area contributed by atoms with Crippen LogP contribution in [0.3, 0.4) is 0 Å². The van der Waals surface area contributed by atoms with Crippen molar-refractivity contribution < 1.29 is 14.0 Å². The highest BCUT2D eigenvalue weighted by Crippen LogP contribution is 2.60. The first-order chi connectivity index (χ1) is 12.7. The Balaban J connectivity index is 1.65. The summed E-state index contributed by atoms with van der Waals surface area (Å²) in [6.07, 6.45) is 2.92. The Morgan fingerprint density at radius 2 is 1.70 bits per heavy atom. The van der Waals surface area contributed by atoms with Gasteiger partial charge in [-0.15, -0.1) is 0 Å². The number of hydrogen-bond donors (Lipinski definition) is 0. The summed E-state index contributed by atoms with van der Waals surface area (Å²) in [5, 5.41) is 0. The molecule has 1 saturated heterocycles. The van der Waals surface area contributed by atoms with Crippen molar-refractivity contribution in [2.75, 3.05) is 26.2 Å². The maximum Gasteiger partial charge on any atom is 0.256 e. The first kappa shape index (κ1) is 19.6. The molecule has 1 aromatic carbocycles. The van der Waals surface area contributed by atoms with Crippen molar-refractivity contribution in [3.8, 4) is 0 Å². The monoisotopic (exact) mass is 372 g/mol. The van der Waals surface area contributed by atoms with E-state index in [0.717, 1.165) is 0 Å². The van der Waals surface area contributed by atoms with Gasteiger partial charge in [0.25, 0.3) is 5.91 Å². The van der Waals surface area contributed by atoms with Crippen LogP contribution in [-0.2, 0) is 4.79 Å². The number of rotatable bonds is 3. The van der Waals surface area contributed by atoms with Gasteiger partial charge in [-0.25, -0.2) is 4.39 Å². The molecule has 2 amide bonds. The zero-order valence-corrected chi connectivity index (χ0v) is 16.7. The van der Waals surface area contributed by atoms with Crippen LogP contribution >= 0.6 is 0 Å². The number of carbonyl (C=O) groups excluding carboxylic acids is 2. The van der Waals surface area contributed by atoms with Gasteiger partial charge in [0.05, 0.1) is 11.5 Å². The highest BCUT2D eigenvalue weighted by Gasteiger charge is 2.61. The lowest BCUT2D eigenvalue weighted by molar-refractivity contribution is -0.133. The van der Waals surface area contributed by atoms with Crippen LogP contribution in [0.5, 0.6) is 0 Å². The van der Waals surface area contributed by atoms with Crippen molar-refractivity contribution in [3.63, 3.8) is 0 Å². The van der Waals surface area contributed by atoms with Gasteiger partial charge >= 0.3 is 0 Å². The number of benzene rings is 1. The van der Waals surface area contributed by atoms with Crippen molar-refractivity contribution in [2.24, 2.45) is 17.3 Å². The summed E-state index contributed by atoms with van der Waals surface area (Å²) < 4.78 is 13.9. The molecule has 3 rings (SSSR count). The van der Waals surface area contributed by atoms with Crippen LogP contribution in [0.1, 0.15) is 44.5 Å². The molecule has 4 nitrogen and oxygen atoms in total. The van der Waals surface area contributed by atoms with Crippen molar-refractivity contribution in [1.82, 2.24) is 9.80 Å². The molecule has 5 heteroatoms. The quantitative estimate of drug-likeness (QED) is 0.759. The van der Waals surface area contributed by atoms with E-state index in [9.17, 15) is 14.0 Å².